The van der Waals surface area contributed by atoms with Crippen molar-refractivity contribution in [3.05, 3.63) is 29.8 Å². The number of methoxy groups -OCH3 is 1. The van der Waals surface area contributed by atoms with Gasteiger partial charge in [0.15, 0.2) is 0 Å². The summed E-state index contributed by atoms with van der Waals surface area (Å²) in [7, 11) is 1.31. The summed E-state index contributed by atoms with van der Waals surface area (Å²) in [5, 5.41) is 0. The molecule has 1 aliphatic heterocycles. The number of hydrogen-bond acceptors (Lipinski definition) is 3. The Labute approximate surface area is 104 Å². The third kappa shape index (κ3) is 2.37. The summed E-state index contributed by atoms with van der Waals surface area (Å²) in [6.45, 7) is 1.54. The third-order valence-corrected chi connectivity index (χ3v) is 2.97. The van der Waals surface area contributed by atoms with Crippen molar-refractivity contribution in [2.75, 3.05) is 38.2 Å². The zero-order valence-electron chi connectivity index (χ0n) is 10.0. The Morgan fingerprint density at radius 3 is 2.22 bits per heavy atom. The molecule has 1 aromatic carbocycles. The predicted molar refractivity (Wildman–Crippen MR) is 62.5 cm³/mol. The van der Waals surface area contributed by atoms with Gasteiger partial charge in [-0.15, -0.1) is 0 Å². The highest BCUT2D eigenvalue weighted by molar-refractivity contribution is 5.68. The van der Waals surface area contributed by atoms with Gasteiger partial charge in [-0.2, -0.15) is 0 Å². The van der Waals surface area contributed by atoms with Crippen LogP contribution in [-0.2, 0) is 4.74 Å². The molecule has 98 valence electrons. The molecule has 0 aliphatic carbocycles. The summed E-state index contributed by atoms with van der Waals surface area (Å²) in [6, 6.07) is 3.79. The van der Waals surface area contributed by atoms with E-state index in [0.29, 0.717) is 26.2 Å². The van der Waals surface area contributed by atoms with Crippen LogP contribution in [0.5, 0.6) is 0 Å². The second-order valence-corrected chi connectivity index (χ2v) is 4.01. The molecule has 1 aliphatic rings. The highest BCUT2D eigenvalue weighted by atomic mass is 19.1. The van der Waals surface area contributed by atoms with Crippen molar-refractivity contribution in [3.8, 4) is 0 Å². The Balaban J connectivity index is 2.08. The van der Waals surface area contributed by atoms with E-state index < -0.39 is 17.7 Å². The monoisotopic (exact) mass is 256 g/mol. The van der Waals surface area contributed by atoms with Gasteiger partial charge >= 0.3 is 6.09 Å². The lowest BCUT2D eigenvalue weighted by atomic mass is 10.2. The lowest BCUT2D eigenvalue weighted by molar-refractivity contribution is 0.121. The Kier molecular flexibility index (Phi) is 3.64. The molecule has 4 nitrogen and oxygen atoms in total. The van der Waals surface area contributed by atoms with E-state index in [1.165, 1.54) is 30.2 Å². The Bertz CT molecular complexity index is 425. The van der Waals surface area contributed by atoms with Crippen LogP contribution < -0.4 is 4.90 Å². The van der Waals surface area contributed by atoms with E-state index in [1.807, 2.05) is 0 Å². The number of benzene rings is 1. The lowest BCUT2D eigenvalue weighted by Gasteiger charge is -2.35. The van der Waals surface area contributed by atoms with Crippen molar-refractivity contribution >= 4 is 11.8 Å². The molecular weight excluding hydrogens is 242 g/mol. The van der Waals surface area contributed by atoms with Gasteiger partial charge in [-0.3, -0.25) is 0 Å². The molecule has 0 unspecified atom stereocenters. The minimum Gasteiger partial charge on any atom is -0.453 e. The largest absolute Gasteiger partial charge is 0.453 e. The number of carbonyl (C=O) groups is 1. The van der Waals surface area contributed by atoms with Gasteiger partial charge in [0.25, 0.3) is 0 Å². The van der Waals surface area contributed by atoms with E-state index in [1.54, 1.807) is 4.90 Å². The summed E-state index contributed by atoms with van der Waals surface area (Å²) in [5.74, 6) is -1.16. The first-order valence-corrected chi connectivity index (χ1v) is 5.65. The summed E-state index contributed by atoms with van der Waals surface area (Å²) >= 11 is 0. The third-order valence-electron chi connectivity index (χ3n) is 2.97. The molecule has 0 saturated carbocycles. The molecule has 1 heterocycles. The molecule has 0 bridgehead atoms. The van der Waals surface area contributed by atoms with Crippen molar-refractivity contribution in [3.63, 3.8) is 0 Å². The Morgan fingerprint density at radius 1 is 1.17 bits per heavy atom. The first kappa shape index (κ1) is 12.6. The van der Waals surface area contributed by atoms with Gasteiger partial charge in [0, 0.05) is 26.2 Å². The highest BCUT2D eigenvalue weighted by Gasteiger charge is 2.24. The number of anilines is 1. The van der Waals surface area contributed by atoms with Crippen LogP contribution in [0, 0.1) is 11.6 Å². The summed E-state index contributed by atoms with van der Waals surface area (Å²) in [4.78, 5) is 14.4. The van der Waals surface area contributed by atoms with Crippen molar-refractivity contribution < 1.29 is 18.3 Å². The van der Waals surface area contributed by atoms with Gasteiger partial charge in [-0.1, -0.05) is 6.07 Å². The van der Waals surface area contributed by atoms with Crippen molar-refractivity contribution in [2.45, 2.75) is 0 Å². The number of hydrogen-bond donors (Lipinski definition) is 0. The SMILES string of the molecule is COC(=O)N1CCN(c2c(F)cccc2F)CC1. The van der Waals surface area contributed by atoms with Crippen molar-refractivity contribution in [1.29, 1.82) is 0 Å². The molecule has 2 rings (SSSR count). The van der Waals surface area contributed by atoms with Gasteiger partial charge < -0.3 is 14.5 Å². The van der Waals surface area contributed by atoms with Crippen LogP contribution in [0.25, 0.3) is 0 Å². The average Bonchev–Trinajstić information content (AvgIpc) is 2.38. The maximum Gasteiger partial charge on any atom is 0.409 e. The second-order valence-electron chi connectivity index (χ2n) is 4.01. The van der Waals surface area contributed by atoms with E-state index in [4.69, 9.17) is 0 Å². The lowest BCUT2D eigenvalue weighted by Crippen LogP contribution is -2.49. The molecule has 0 radical (unpaired) electrons. The molecule has 1 saturated heterocycles. The maximum atomic E-state index is 13.6. The fourth-order valence-corrected chi connectivity index (χ4v) is 2.03. The van der Waals surface area contributed by atoms with Gasteiger partial charge in [-0.05, 0) is 12.1 Å². The summed E-state index contributed by atoms with van der Waals surface area (Å²) in [6.07, 6.45) is -0.413. The molecule has 0 aromatic heterocycles. The average molecular weight is 256 g/mol. The minimum absolute atomic E-state index is 0.0259. The number of para-hydroxylation sites is 1. The van der Waals surface area contributed by atoms with Crippen LogP contribution in [0.3, 0.4) is 0 Å². The van der Waals surface area contributed by atoms with Crippen LogP contribution in [0.4, 0.5) is 19.3 Å². The number of rotatable bonds is 1. The van der Waals surface area contributed by atoms with Crippen LogP contribution in [0.15, 0.2) is 18.2 Å². The predicted octanol–water partition coefficient (Wildman–Crippen LogP) is 1.85. The molecule has 1 amide bonds. The highest BCUT2D eigenvalue weighted by Crippen LogP contribution is 2.24. The van der Waals surface area contributed by atoms with E-state index in [9.17, 15) is 13.6 Å². The summed E-state index contributed by atoms with van der Waals surface area (Å²) in [5.41, 5.74) is -0.0259. The molecule has 0 spiro atoms. The number of ether oxygens (including phenoxy) is 1. The fourth-order valence-electron chi connectivity index (χ4n) is 2.03. The topological polar surface area (TPSA) is 32.8 Å². The Morgan fingerprint density at radius 2 is 1.72 bits per heavy atom. The smallest absolute Gasteiger partial charge is 0.409 e. The molecular formula is C12H14F2N2O2. The fraction of sp³-hybridized carbons (Fsp3) is 0.417. The molecule has 0 N–H and O–H groups in total. The van der Waals surface area contributed by atoms with Crippen LogP contribution >= 0.6 is 0 Å². The van der Waals surface area contributed by atoms with E-state index >= 15 is 0 Å². The number of carbonyl (C=O) groups excluding carboxylic acids is 1. The van der Waals surface area contributed by atoms with Crippen LogP contribution in [0.2, 0.25) is 0 Å². The van der Waals surface area contributed by atoms with E-state index in [-0.39, 0.29) is 5.69 Å². The van der Waals surface area contributed by atoms with E-state index in [2.05, 4.69) is 4.74 Å². The minimum atomic E-state index is -0.582. The first-order valence-electron chi connectivity index (χ1n) is 5.65. The normalized spacial score (nSPS) is 15.7. The zero-order chi connectivity index (χ0) is 13.1. The van der Waals surface area contributed by atoms with E-state index in [0.717, 1.165) is 0 Å². The standard InChI is InChI=1S/C12H14F2N2O2/c1-18-12(17)16-7-5-15(6-8-16)11-9(13)3-2-4-10(11)14/h2-4H,5-8H2,1H3. The molecule has 6 heteroatoms. The van der Waals surface area contributed by atoms with Crippen molar-refractivity contribution in [2.24, 2.45) is 0 Å². The van der Waals surface area contributed by atoms with Crippen LogP contribution in [0.1, 0.15) is 0 Å². The Hall–Kier alpha value is -1.85. The molecule has 1 aromatic rings. The zero-order valence-corrected chi connectivity index (χ0v) is 10.0. The molecule has 1 fully saturated rings. The number of amides is 1. The molecule has 0 atom stereocenters. The maximum absolute atomic E-state index is 13.6. The quantitative estimate of drug-likeness (QED) is 0.768. The number of halogens is 2. The second kappa shape index (κ2) is 5.20. The number of piperazine rings is 1. The summed E-state index contributed by atoms with van der Waals surface area (Å²) < 4.78 is 31.7. The van der Waals surface area contributed by atoms with Gasteiger partial charge in [-0.25, -0.2) is 13.6 Å². The van der Waals surface area contributed by atoms with Gasteiger partial charge in [0.2, 0.25) is 0 Å². The number of nitrogens with zero attached hydrogens (tertiary/aromatic N) is 2. The van der Waals surface area contributed by atoms with Crippen LogP contribution in [-0.4, -0.2) is 44.3 Å². The first-order chi connectivity index (χ1) is 8.63. The molecule has 18 heavy (non-hydrogen) atoms. The van der Waals surface area contributed by atoms with Gasteiger partial charge in [0.05, 0.1) is 7.11 Å². The van der Waals surface area contributed by atoms with Gasteiger partial charge in [0.1, 0.15) is 17.3 Å². The van der Waals surface area contributed by atoms with Crippen molar-refractivity contribution in [1.82, 2.24) is 4.90 Å².